The van der Waals surface area contributed by atoms with Gasteiger partial charge in [-0.05, 0) is 57.9 Å². The summed E-state index contributed by atoms with van der Waals surface area (Å²) in [4.78, 5) is 11.8. The number of hydrogen-bond donors (Lipinski definition) is 1. The van der Waals surface area contributed by atoms with Crippen molar-refractivity contribution in [3.8, 4) is 17.2 Å². The van der Waals surface area contributed by atoms with Gasteiger partial charge in [0.05, 0.1) is 10.7 Å². The fourth-order valence-corrected chi connectivity index (χ4v) is 2.60. The average Bonchev–Trinajstić information content (AvgIpc) is 2.68. The van der Waals surface area contributed by atoms with Crippen molar-refractivity contribution in [3.05, 3.63) is 88.9 Å². The highest BCUT2D eigenvalue weighted by atomic mass is 79.9. The Hall–Kier alpha value is -3.12. The van der Waals surface area contributed by atoms with Crippen LogP contribution in [-0.2, 0) is 4.79 Å². The standard InChI is InChI=1S/C21H17BrN2O3/c22-19-11-4-5-12-20(19)26-15-21(25)24-23-14-16-7-6-10-18(13-16)27-17-8-2-1-3-9-17/h1-14H,15H2,(H,24,25)/b23-14+. The first-order valence-corrected chi connectivity index (χ1v) is 9.02. The molecular weight excluding hydrogens is 408 g/mol. The number of carbonyl (C=O) groups is 1. The average molecular weight is 425 g/mol. The topological polar surface area (TPSA) is 59.9 Å². The van der Waals surface area contributed by atoms with Crippen molar-refractivity contribution in [2.24, 2.45) is 5.10 Å². The molecule has 0 saturated heterocycles. The fourth-order valence-electron chi connectivity index (χ4n) is 2.20. The Balaban J connectivity index is 1.51. The van der Waals surface area contributed by atoms with E-state index < -0.39 is 0 Å². The van der Waals surface area contributed by atoms with Crippen LogP contribution in [-0.4, -0.2) is 18.7 Å². The molecule has 0 heterocycles. The predicted molar refractivity (Wildman–Crippen MR) is 108 cm³/mol. The molecule has 0 aliphatic heterocycles. The first-order valence-electron chi connectivity index (χ1n) is 8.23. The van der Waals surface area contributed by atoms with Crippen molar-refractivity contribution in [1.29, 1.82) is 0 Å². The molecule has 0 unspecified atom stereocenters. The van der Waals surface area contributed by atoms with Gasteiger partial charge in [-0.2, -0.15) is 5.10 Å². The van der Waals surface area contributed by atoms with Crippen LogP contribution in [0.15, 0.2) is 88.4 Å². The smallest absolute Gasteiger partial charge is 0.277 e. The molecule has 136 valence electrons. The highest BCUT2D eigenvalue weighted by Crippen LogP contribution is 2.23. The molecule has 0 bridgehead atoms. The van der Waals surface area contributed by atoms with Gasteiger partial charge in [0.1, 0.15) is 17.2 Å². The van der Waals surface area contributed by atoms with E-state index >= 15 is 0 Å². The molecule has 3 aromatic rings. The van der Waals surface area contributed by atoms with Gasteiger partial charge in [0.2, 0.25) is 0 Å². The Morgan fingerprint density at radius 1 is 0.963 bits per heavy atom. The molecule has 1 N–H and O–H groups in total. The number of ether oxygens (including phenoxy) is 2. The van der Waals surface area contributed by atoms with Crippen LogP contribution in [0.5, 0.6) is 17.2 Å². The summed E-state index contributed by atoms with van der Waals surface area (Å²) in [6.07, 6.45) is 1.55. The molecule has 0 atom stereocenters. The van der Waals surface area contributed by atoms with Gasteiger partial charge in [0.25, 0.3) is 5.91 Å². The summed E-state index contributed by atoms with van der Waals surface area (Å²) in [6, 6.07) is 24.2. The maximum Gasteiger partial charge on any atom is 0.277 e. The Kier molecular flexibility index (Phi) is 6.60. The molecule has 27 heavy (non-hydrogen) atoms. The summed E-state index contributed by atoms with van der Waals surface area (Å²) >= 11 is 3.36. The van der Waals surface area contributed by atoms with Crippen LogP contribution in [0.25, 0.3) is 0 Å². The maximum atomic E-state index is 11.8. The van der Waals surface area contributed by atoms with Crippen LogP contribution in [0.4, 0.5) is 0 Å². The molecule has 0 aliphatic carbocycles. The molecule has 3 aromatic carbocycles. The van der Waals surface area contributed by atoms with Gasteiger partial charge in [0, 0.05) is 0 Å². The monoisotopic (exact) mass is 424 g/mol. The quantitative estimate of drug-likeness (QED) is 0.438. The van der Waals surface area contributed by atoms with Crippen LogP contribution < -0.4 is 14.9 Å². The maximum absolute atomic E-state index is 11.8. The van der Waals surface area contributed by atoms with E-state index in [-0.39, 0.29) is 12.5 Å². The number of hydrazone groups is 1. The molecule has 0 radical (unpaired) electrons. The number of nitrogens with zero attached hydrogens (tertiary/aromatic N) is 1. The molecular formula is C21H17BrN2O3. The van der Waals surface area contributed by atoms with Crippen LogP contribution in [0, 0.1) is 0 Å². The molecule has 0 aliphatic rings. The third-order valence-electron chi connectivity index (χ3n) is 3.44. The normalized spacial score (nSPS) is 10.6. The fraction of sp³-hybridized carbons (Fsp3) is 0.0476. The van der Waals surface area contributed by atoms with Crippen molar-refractivity contribution in [1.82, 2.24) is 5.43 Å². The van der Waals surface area contributed by atoms with Crippen molar-refractivity contribution in [3.63, 3.8) is 0 Å². The van der Waals surface area contributed by atoms with Gasteiger partial charge in [-0.25, -0.2) is 5.43 Å². The number of hydrogen-bond acceptors (Lipinski definition) is 4. The third-order valence-corrected chi connectivity index (χ3v) is 4.09. The van der Waals surface area contributed by atoms with Gasteiger partial charge in [0.15, 0.2) is 6.61 Å². The first kappa shape index (κ1) is 18.7. The van der Waals surface area contributed by atoms with Crippen LogP contribution >= 0.6 is 15.9 Å². The lowest BCUT2D eigenvalue weighted by molar-refractivity contribution is -0.123. The van der Waals surface area contributed by atoms with Crippen LogP contribution in [0.1, 0.15) is 5.56 Å². The van der Waals surface area contributed by atoms with Crippen molar-refractivity contribution >= 4 is 28.1 Å². The number of para-hydroxylation sites is 2. The molecule has 1 amide bonds. The summed E-state index contributed by atoms with van der Waals surface area (Å²) in [5, 5.41) is 3.95. The number of halogens is 1. The Morgan fingerprint density at radius 2 is 1.70 bits per heavy atom. The van der Waals surface area contributed by atoms with Gasteiger partial charge in [-0.3, -0.25) is 4.79 Å². The second kappa shape index (κ2) is 9.54. The zero-order chi connectivity index (χ0) is 18.9. The zero-order valence-corrected chi connectivity index (χ0v) is 15.9. The van der Waals surface area contributed by atoms with E-state index in [1.807, 2.05) is 72.8 Å². The van der Waals surface area contributed by atoms with E-state index in [1.165, 1.54) is 0 Å². The lowest BCUT2D eigenvalue weighted by atomic mass is 10.2. The second-order valence-electron chi connectivity index (χ2n) is 5.50. The molecule has 3 rings (SSSR count). The minimum Gasteiger partial charge on any atom is -0.483 e. The first-order chi connectivity index (χ1) is 13.2. The minimum atomic E-state index is -0.348. The van der Waals surface area contributed by atoms with Crippen molar-refractivity contribution in [2.75, 3.05) is 6.61 Å². The molecule has 0 fully saturated rings. The zero-order valence-electron chi connectivity index (χ0n) is 14.3. The van der Waals surface area contributed by atoms with Crippen LogP contribution in [0.2, 0.25) is 0 Å². The summed E-state index contributed by atoms with van der Waals surface area (Å²) in [5.74, 6) is 1.69. The Bertz CT molecular complexity index is 929. The third kappa shape index (κ3) is 5.97. The van der Waals surface area contributed by atoms with E-state index in [2.05, 4.69) is 26.5 Å². The number of amides is 1. The van der Waals surface area contributed by atoms with Gasteiger partial charge >= 0.3 is 0 Å². The summed E-state index contributed by atoms with van der Waals surface area (Å²) in [6.45, 7) is -0.128. The van der Waals surface area contributed by atoms with E-state index in [1.54, 1.807) is 12.3 Å². The SMILES string of the molecule is O=C(COc1ccccc1Br)N/N=C/c1cccc(Oc2ccccc2)c1. The second-order valence-corrected chi connectivity index (χ2v) is 6.35. The lowest BCUT2D eigenvalue weighted by Gasteiger charge is -2.07. The summed E-state index contributed by atoms with van der Waals surface area (Å²) < 4.78 is 12.0. The highest BCUT2D eigenvalue weighted by Gasteiger charge is 2.04. The molecule has 6 heteroatoms. The Morgan fingerprint density at radius 3 is 2.52 bits per heavy atom. The van der Waals surface area contributed by atoms with E-state index in [9.17, 15) is 4.79 Å². The highest BCUT2D eigenvalue weighted by molar-refractivity contribution is 9.10. The van der Waals surface area contributed by atoms with Crippen molar-refractivity contribution in [2.45, 2.75) is 0 Å². The molecule has 0 spiro atoms. The molecule has 0 aromatic heterocycles. The minimum absolute atomic E-state index is 0.128. The van der Waals surface area contributed by atoms with E-state index in [0.29, 0.717) is 11.5 Å². The summed E-state index contributed by atoms with van der Waals surface area (Å²) in [5.41, 5.74) is 3.24. The molecule has 5 nitrogen and oxygen atoms in total. The van der Waals surface area contributed by atoms with Gasteiger partial charge in [-0.15, -0.1) is 0 Å². The van der Waals surface area contributed by atoms with E-state index in [4.69, 9.17) is 9.47 Å². The number of carbonyl (C=O) groups excluding carboxylic acids is 1. The van der Waals surface area contributed by atoms with Crippen molar-refractivity contribution < 1.29 is 14.3 Å². The number of rotatable bonds is 7. The largest absolute Gasteiger partial charge is 0.483 e. The lowest BCUT2D eigenvalue weighted by Crippen LogP contribution is -2.24. The predicted octanol–water partition coefficient (Wildman–Crippen LogP) is 4.77. The number of nitrogens with one attached hydrogen (secondary N) is 1. The van der Waals surface area contributed by atoms with Gasteiger partial charge < -0.3 is 9.47 Å². The Labute approximate surface area is 165 Å². The van der Waals surface area contributed by atoms with E-state index in [0.717, 1.165) is 15.8 Å². The van der Waals surface area contributed by atoms with Crippen LogP contribution in [0.3, 0.4) is 0 Å². The number of benzene rings is 3. The van der Waals surface area contributed by atoms with Gasteiger partial charge in [-0.1, -0.05) is 42.5 Å². The summed E-state index contributed by atoms with van der Waals surface area (Å²) in [7, 11) is 0. The molecule has 0 saturated carbocycles.